The van der Waals surface area contributed by atoms with Gasteiger partial charge in [-0.2, -0.15) is 0 Å². The summed E-state index contributed by atoms with van der Waals surface area (Å²) < 4.78 is 4.58. The van der Waals surface area contributed by atoms with Gasteiger partial charge in [-0.1, -0.05) is 13.8 Å². The van der Waals surface area contributed by atoms with Crippen LogP contribution in [0.5, 0.6) is 0 Å². The van der Waals surface area contributed by atoms with Gasteiger partial charge in [0.05, 0.1) is 0 Å². The summed E-state index contributed by atoms with van der Waals surface area (Å²) in [4.78, 5) is 22.0. The Morgan fingerprint density at radius 3 is 2.64 bits per heavy atom. The Morgan fingerprint density at radius 1 is 1.64 bits per heavy atom. The lowest BCUT2D eigenvalue weighted by Gasteiger charge is -2.00. The third kappa shape index (κ3) is 1.48. The molecular weight excluding hydrogens is 144 g/mol. The molecule has 0 aromatic carbocycles. The highest BCUT2D eigenvalue weighted by Gasteiger charge is 2.25. The molecule has 3 heteroatoms. The smallest absolute Gasteiger partial charge is 0.341 e. The van der Waals surface area contributed by atoms with Gasteiger partial charge in [-0.15, -0.1) is 0 Å². The van der Waals surface area contributed by atoms with Crippen LogP contribution in [0.1, 0.15) is 13.8 Å². The van der Waals surface area contributed by atoms with Gasteiger partial charge in [0, 0.05) is 5.92 Å². The van der Waals surface area contributed by atoms with Crippen LogP contribution in [-0.4, -0.2) is 18.4 Å². The highest BCUT2D eigenvalue weighted by Crippen LogP contribution is 2.12. The van der Waals surface area contributed by atoms with Crippen molar-refractivity contribution in [2.75, 3.05) is 6.61 Å². The number of Topliss-reactive ketones (excluding diaryl/α,β-unsaturated/α-hetero) is 1. The molecule has 1 heterocycles. The number of carbonyl (C=O) groups excluding carboxylic acids is 2. The summed E-state index contributed by atoms with van der Waals surface area (Å²) in [5, 5.41) is 0. The maximum Gasteiger partial charge on any atom is 0.341 e. The van der Waals surface area contributed by atoms with Crippen LogP contribution >= 0.6 is 0 Å². The summed E-state index contributed by atoms with van der Waals surface area (Å²) in [6, 6.07) is 0. The number of carbonyl (C=O) groups is 2. The number of ether oxygens (including phenoxy) is 1. The van der Waals surface area contributed by atoms with Crippen LogP contribution in [0.25, 0.3) is 0 Å². The SMILES string of the molecule is CC(C)C(=O)C1=CCOC1=O. The first-order valence-corrected chi connectivity index (χ1v) is 3.54. The second-order valence-corrected chi connectivity index (χ2v) is 2.74. The standard InChI is InChI=1S/C8H10O3/c1-5(2)7(9)6-3-4-11-8(6)10/h3,5H,4H2,1-2H3. The molecule has 0 radical (unpaired) electrons. The van der Waals surface area contributed by atoms with Gasteiger partial charge >= 0.3 is 5.97 Å². The van der Waals surface area contributed by atoms with E-state index in [-0.39, 0.29) is 23.9 Å². The Balaban J connectivity index is 2.75. The fourth-order valence-electron chi connectivity index (χ4n) is 0.874. The molecule has 0 fully saturated rings. The van der Waals surface area contributed by atoms with Crippen molar-refractivity contribution in [2.24, 2.45) is 5.92 Å². The van der Waals surface area contributed by atoms with E-state index in [1.54, 1.807) is 13.8 Å². The van der Waals surface area contributed by atoms with Crippen molar-refractivity contribution in [1.82, 2.24) is 0 Å². The van der Waals surface area contributed by atoms with Crippen LogP contribution in [0.4, 0.5) is 0 Å². The van der Waals surface area contributed by atoms with Gasteiger partial charge in [0.2, 0.25) is 0 Å². The van der Waals surface area contributed by atoms with Gasteiger partial charge < -0.3 is 4.74 Å². The van der Waals surface area contributed by atoms with Crippen LogP contribution in [-0.2, 0) is 14.3 Å². The molecule has 1 rings (SSSR count). The lowest BCUT2D eigenvalue weighted by atomic mass is 10.0. The summed E-state index contributed by atoms with van der Waals surface area (Å²) >= 11 is 0. The second kappa shape index (κ2) is 2.86. The summed E-state index contributed by atoms with van der Waals surface area (Å²) in [6.45, 7) is 3.76. The molecule has 11 heavy (non-hydrogen) atoms. The lowest BCUT2D eigenvalue weighted by Crippen LogP contribution is -2.15. The van der Waals surface area contributed by atoms with Crippen LogP contribution < -0.4 is 0 Å². The first-order chi connectivity index (χ1) is 5.13. The number of esters is 1. The molecule has 0 saturated carbocycles. The number of hydrogen-bond donors (Lipinski definition) is 0. The molecule has 1 aliphatic heterocycles. The summed E-state index contributed by atoms with van der Waals surface area (Å²) in [5.74, 6) is -0.747. The third-order valence-corrected chi connectivity index (χ3v) is 1.51. The van der Waals surface area contributed by atoms with E-state index >= 15 is 0 Å². The molecular formula is C8H10O3. The Hall–Kier alpha value is -1.12. The number of cyclic esters (lactones) is 1. The molecule has 0 aromatic heterocycles. The molecule has 60 valence electrons. The topological polar surface area (TPSA) is 43.4 Å². The van der Waals surface area contributed by atoms with E-state index in [2.05, 4.69) is 4.74 Å². The van der Waals surface area contributed by atoms with E-state index in [0.717, 1.165) is 0 Å². The van der Waals surface area contributed by atoms with Crippen LogP contribution in [0.2, 0.25) is 0 Å². The van der Waals surface area contributed by atoms with Gasteiger partial charge in [0.15, 0.2) is 5.78 Å². The highest BCUT2D eigenvalue weighted by atomic mass is 16.5. The first-order valence-electron chi connectivity index (χ1n) is 3.54. The number of ketones is 1. The molecule has 0 spiro atoms. The average Bonchev–Trinajstić information content (AvgIpc) is 2.33. The average molecular weight is 154 g/mol. The molecule has 0 saturated heterocycles. The molecule has 0 amide bonds. The minimum atomic E-state index is -0.483. The molecule has 1 aliphatic rings. The quantitative estimate of drug-likeness (QED) is 0.434. The van der Waals surface area contributed by atoms with E-state index in [1.807, 2.05) is 0 Å². The third-order valence-electron chi connectivity index (χ3n) is 1.51. The Morgan fingerprint density at radius 2 is 2.27 bits per heavy atom. The predicted octanol–water partition coefficient (Wildman–Crippen LogP) is 0.695. The van der Waals surface area contributed by atoms with Crippen LogP contribution in [0.3, 0.4) is 0 Å². The van der Waals surface area contributed by atoms with E-state index in [4.69, 9.17) is 0 Å². The zero-order valence-corrected chi connectivity index (χ0v) is 6.59. The number of rotatable bonds is 2. The fraction of sp³-hybridized carbons (Fsp3) is 0.500. The van der Waals surface area contributed by atoms with Gasteiger partial charge in [-0.05, 0) is 6.08 Å². The van der Waals surface area contributed by atoms with Crippen LogP contribution in [0.15, 0.2) is 11.6 Å². The maximum absolute atomic E-state index is 11.2. The van der Waals surface area contributed by atoms with Crippen molar-refractivity contribution in [3.63, 3.8) is 0 Å². The first kappa shape index (κ1) is 7.98. The van der Waals surface area contributed by atoms with E-state index < -0.39 is 5.97 Å². The minimum Gasteiger partial charge on any atom is -0.458 e. The molecule has 3 nitrogen and oxygen atoms in total. The van der Waals surface area contributed by atoms with Gasteiger partial charge in [-0.3, -0.25) is 4.79 Å². The molecule has 0 atom stereocenters. The van der Waals surface area contributed by atoms with Crippen molar-refractivity contribution in [3.8, 4) is 0 Å². The molecule has 0 unspecified atom stereocenters. The van der Waals surface area contributed by atoms with Crippen molar-refractivity contribution < 1.29 is 14.3 Å². The van der Waals surface area contributed by atoms with Crippen molar-refractivity contribution in [3.05, 3.63) is 11.6 Å². The van der Waals surface area contributed by atoms with Crippen molar-refractivity contribution >= 4 is 11.8 Å². The second-order valence-electron chi connectivity index (χ2n) is 2.74. The maximum atomic E-state index is 11.2. The van der Waals surface area contributed by atoms with Gasteiger partial charge in [0.25, 0.3) is 0 Å². The zero-order chi connectivity index (χ0) is 8.43. The van der Waals surface area contributed by atoms with E-state index in [1.165, 1.54) is 6.08 Å². The zero-order valence-electron chi connectivity index (χ0n) is 6.59. The Bertz CT molecular complexity index is 225. The minimum absolute atomic E-state index is 0.132. The Kier molecular flexibility index (Phi) is 2.08. The fourth-order valence-corrected chi connectivity index (χ4v) is 0.874. The van der Waals surface area contributed by atoms with Gasteiger partial charge in [0.1, 0.15) is 12.2 Å². The van der Waals surface area contributed by atoms with E-state index in [0.29, 0.717) is 0 Å². The summed E-state index contributed by atoms with van der Waals surface area (Å²) in [7, 11) is 0. The monoisotopic (exact) mass is 154 g/mol. The highest BCUT2D eigenvalue weighted by molar-refractivity contribution is 6.18. The lowest BCUT2D eigenvalue weighted by molar-refractivity contribution is -0.137. The normalized spacial score (nSPS) is 16.6. The molecule has 0 aliphatic carbocycles. The summed E-state index contributed by atoms with van der Waals surface area (Å²) in [5.41, 5.74) is 0.208. The van der Waals surface area contributed by atoms with E-state index in [9.17, 15) is 9.59 Å². The van der Waals surface area contributed by atoms with Gasteiger partial charge in [-0.25, -0.2) is 4.79 Å². The number of hydrogen-bond acceptors (Lipinski definition) is 3. The molecule has 0 bridgehead atoms. The largest absolute Gasteiger partial charge is 0.458 e. The summed E-state index contributed by atoms with van der Waals surface area (Å²) in [6.07, 6.45) is 1.53. The Labute approximate surface area is 65.0 Å². The van der Waals surface area contributed by atoms with Crippen LogP contribution in [0, 0.1) is 5.92 Å². The van der Waals surface area contributed by atoms with Crippen molar-refractivity contribution in [1.29, 1.82) is 0 Å². The van der Waals surface area contributed by atoms with Crippen molar-refractivity contribution in [2.45, 2.75) is 13.8 Å². The molecule has 0 N–H and O–H groups in total. The molecule has 0 aromatic rings. The predicted molar refractivity (Wildman–Crippen MR) is 38.9 cm³/mol.